The molecule has 1 nitrogen and oxygen atoms in total. The molecule has 12 heavy (non-hydrogen) atoms. The smallest absolute Gasteiger partial charge is 0.00218 e. The summed E-state index contributed by atoms with van der Waals surface area (Å²) in [6.07, 6.45) is 6.76. The molecule has 0 radical (unpaired) electrons. The number of rotatable bonds is 7. The van der Waals surface area contributed by atoms with Gasteiger partial charge in [0.2, 0.25) is 0 Å². The van der Waals surface area contributed by atoms with Crippen molar-refractivity contribution in [2.24, 2.45) is 0 Å². The molecular formula is C10H24ClN. The van der Waals surface area contributed by atoms with Crippen molar-refractivity contribution in [1.29, 1.82) is 0 Å². The minimum absolute atomic E-state index is 0. The molecule has 0 heterocycles. The van der Waals surface area contributed by atoms with Crippen molar-refractivity contribution in [2.75, 3.05) is 20.1 Å². The molecule has 0 unspecified atom stereocenters. The van der Waals surface area contributed by atoms with Crippen LogP contribution in [0.3, 0.4) is 0 Å². The summed E-state index contributed by atoms with van der Waals surface area (Å²) in [5, 5.41) is 0. The number of hydrogen-bond acceptors (Lipinski definition) is 1. The molecular weight excluding hydrogens is 170 g/mol. The summed E-state index contributed by atoms with van der Waals surface area (Å²) >= 11 is 0. The van der Waals surface area contributed by atoms with Gasteiger partial charge in [0.1, 0.15) is 0 Å². The maximum Gasteiger partial charge on any atom is -0.00218 e. The van der Waals surface area contributed by atoms with E-state index in [2.05, 4.69) is 25.8 Å². The van der Waals surface area contributed by atoms with E-state index in [1.165, 1.54) is 45.2 Å². The van der Waals surface area contributed by atoms with Gasteiger partial charge in [-0.2, -0.15) is 0 Å². The van der Waals surface area contributed by atoms with E-state index in [4.69, 9.17) is 0 Å². The summed E-state index contributed by atoms with van der Waals surface area (Å²) in [6.45, 7) is 7.07. The average molecular weight is 194 g/mol. The van der Waals surface area contributed by atoms with Crippen LogP contribution in [-0.4, -0.2) is 25.0 Å². The molecule has 0 aliphatic carbocycles. The van der Waals surface area contributed by atoms with Crippen molar-refractivity contribution >= 4 is 12.4 Å². The van der Waals surface area contributed by atoms with Crippen LogP contribution in [0.15, 0.2) is 0 Å². The summed E-state index contributed by atoms with van der Waals surface area (Å²) in [4.78, 5) is 2.44. The molecule has 0 amide bonds. The highest BCUT2D eigenvalue weighted by Gasteiger charge is 1.95. The second-order valence-corrected chi connectivity index (χ2v) is 3.36. The number of unbranched alkanes of at least 4 members (excludes halogenated alkanes) is 3. The van der Waals surface area contributed by atoms with Gasteiger partial charge in [0, 0.05) is 0 Å². The quantitative estimate of drug-likeness (QED) is 0.561. The van der Waals surface area contributed by atoms with Crippen LogP contribution in [0.4, 0.5) is 0 Å². The molecule has 0 rings (SSSR count). The highest BCUT2D eigenvalue weighted by Crippen LogP contribution is 1.97. The van der Waals surface area contributed by atoms with Crippen molar-refractivity contribution in [2.45, 2.75) is 46.0 Å². The molecule has 0 N–H and O–H groups in total. The first kappa shape index (κ1) is 14.8. The normalized spacial score (nSPS) is 10.0. The third kappa shape index (κ3) is 10.2. The predicted molar refractivity (Wildman–Crippen MR) is 59.2 cm³/mol. The Bertz CT molecular complexity index is 76.2. The fraction of sp³-hybridized carbons (Fsp3) is 1.00. The van der Waals surface area contributed by atoms with Crippen LogP contribution in [0.2, 0.25) is 0 Å². The third-order valence-corrected chi connectivity index (χ3v) is 2.04. The van der Waals surface area contributed by atoms with Gasteiger partial charge in [-0.15, -0.1) is 12.4 Å². The van der Waals surface area contributed by atoms with E-state index < -0.39 is 0 Å². The monoisotopic (exact) mass is 193 g/mol. The molecule has 76 valence electrons. The zero-order valence-corrected chi connectivity index (χ0v) is 9.62. The molecule has 0 saturated heterocycles. The van der Waals surface area contributed by atoms with Crippen molar-refractivity contribution < 1.29 is 0 Å². The second kappa shape index (κ2) is 11.2. The number of halogens is 1. The minimum atomic E-state index is 0. The van der Waals surface area contributed by atoms with E-state index in [9.17, 15) is 0 Å². The second-order valence-electron chi connectivity index (χ2n) is 3.36. The van der Waals surface area contributed by atoms with Gasteiger partial charge in [-0.1, -0.05) is 33.1 Å². The van der Waals surface area contributed by atoms with Crippen molar-refractivity contribution in [3.05, 3.63) is 0 Å². The van der Waals surface area contributed by atoms with Crippen molar-refractivity contribution in [3.8, 4) is 0 Å². The number of nitrogens with zero attached hydrogens (tertiary/aromatic N) is 1. The van der Waals surface area contributed by atoms with Crippen LogP contribution in [-0.2, 0) is 0 Å². The van der Waals surface area contributed by atoms with Gasteiger partial charge in [0.15, 0.2) is 0 Å². The van der Waals surface area contributed by atoms with Crippen molar-refractivity contribution in [3.63, 3.8) is 0 Å². The van der Waals surface area contributed by atoms with Gasteiger partial charge < -0.3 is 4.90 Å². The van der Waals surface area contributed by atoms with Crippen LogP contribution in [0, 0.1) is 0 Å². The Kier molecular flexibility index (Phi) is 13.8. The fourth-order valence-electron chi connectivity index (χ4n) is 1.17. The van der Waals surface area contributed by atoms with Gasteiger partial charge in [0.05, 0.1) is 0 Å². The Hall–Kier alpha value is 0.250. The zero-order valence-electron chi connectivity index (χ0n) is 8.81. The van der Waals surface area contributed by atoms with Gasteiger partial charge in [-0.25, -0.2) is 0 Å². The van der Waals surface area contributed by atoms with Crippen molar-refractivity contribution in [1.82, 2.24) is 4.90 Å². The highest BCUT2D eigenvalue weighted by atomic mass is 35.5. The van der Waals surface area contributed by atoms with E-state index in [-0.39, 0.29) is 12.4 Å². The zero-order chi connectivity index (χ0) is 8.53. The van der Waals surface area contributed by atoms with E-state index >= 15 is 0 Å². The molecule has 0 saturated carbocycles. The maximum absolute atomic E-state index is 2.44. The molecule has 0 aromatic heterocycles. The van der Waals surface area contributed by atoms with Crippen LogP contribution in [0.25, 0.3) is 0 Å². The molecule has 0 bridgehead atoms. The molecule has 0 aromatic rings. The first-order valence-corrected chi connectivity index (χ1v) is 4.99. The van der Waals surface area contributed by atoms with Gasteiger partial charge in [0.25, 0.3) is 0 Å². The molecule has 0 aromatic carbocycles. The summed E-state index contributed by atoms with van der Waals surface area (Å²) < 4.78 is 0. The van der Waals surface area contributed by atoms with Crippen LogP contribution in [0.5, 0.6) is 0 Å². The molecule has 0 aliphatic heterocycles. The lowest BCUT2D eigenvalue weighted by molar-refractivity contribution is 0.320. The lowest BCUT2D eigenvalue weighted by Gasteiger charge is -2.15. The Balaban J connectivity index is 0. The Morgan fingerprint density at radius 3 is 1.83 bits per heavy atom. The summed E-state index contributed by atoms with van der Waals surface area (Å²) in [7, 11) is 2.23. The van der Waals surface area contributed by atoms with E-state index in [1.807, 2.05) is 0 Å². The summed E-state index contributed by atoms with van der Waals surface area (Å²) in [5.41, 5.74) is 0. The Labute approximate surface area is 83.9 Å². The van der Waals surface area contributed by atoms with Gasteiger partial charge >= 0.3 is 0 Å². The standard InChI is InChI=1S/C10H23N.ClH/c1-4-6-8-10-11(3)9-7-5-2;/h4-10H2,1-3H3;1H. The molecule has 0 spiro atoms. The van der Waals surface area contributed by atoms with Crippen LogP contribution in [0.1, 0.15) is 46.0 Å². The number of hydrogen-bond donors (Lipinski definition) is 0. The summed E-state index contributed by atoms with van der Waals surface area (Å²) in [6, 6.07) is 0. The molecule has 2 heteroatoms. The Morgan fingerprint density at radius 1 is 0.833 bits per heavy atom. The Morgan fingerprint density at radius 2 is 1.33 bits per heavy atom. The highest BCUT2D eigenvalue weighted by molar-refractivity contribution is 5.85. The lowest BCUT2D eigenvalue weighted by Crippen LogP contribution is -2.20. The molecule has 0 aliphatic rings. The summed E-state index contributed by atoms with van der Waals surface area (Å²) in [5.74, 6) is 0. The molecule has 0 fully saturated rings. The SMILES string of the molecule is CCCCCN(C)CCCC.Cl. The average Bonchev–Trinajstić information content (AvgIpc) is 2.01. The van der Waals surface area contributed by atoms with E-state index in [0.717, 1.165) is 0 Å². The predicted octanol–water partition coefficient (Wildman–Crippen LogP) is 3.33. The van der Waals surface area contributed by atoms with Crippen LogP contribution < -0.4 is 0 Å². The van der Waals surface area contributed by atoms with Gasteiger partial charge in [-0.05, 0) is 33.0 Å². The first-order valence-electron chi connectivity index (χ1n) is 4.99. The lowest BCUT2D eigenvalue weighted by atomic mass is 10.2. The topological polar surface area (TPSA) is 3.24 Å². The first-order chi connectivity index (χ1) is 5.31. The van der Waals surface area contributed by atoms with Gasteiger partial charge in [-0.3, -0.25) is 0 Å². The largest absolute Gasteiger partial charge is 0.306 e. The van der Waals surface area contributed by atoms with Crippen LogP contribution >= 0.6 is 12.4 Å². The molecule has 0 atom stereocenters. The maximum atomic E-state index is 2.44. The third-order valence-electron chi connectivity index (χ3n) is 2.04. The minimum Gasteiger partial charge on any atom is -0.306 e. The van der Waals surface area contributed by atoms with E-state index in [1.54, 1.807) is 0 Å². The van der Waals surface area contributed by atoms with E-state index in [0.29, 0.717) is 0 Å². The fourth-order valence-corrected chi connectivity index (χ4v) is 1.17.